The Bertz CT molecular complexity index is 358. The van der Waals surface area contributed by atoms with Crippen LogP contribution in [0.5, 0.6) is 0 Å². The summed E-state index contributed by atoms with van der Waals surface area (Å²) in [6.45, 7) is 3.49. The quantitative estimate of drug-likeness (QED) is 0.869. The highest BCUT2D eigenvalue weighted by molar-refractivity contribution is 5.01. The molecular formula is C15H27N3. The third-order valence-corrected chi connectivity index (χ3v) is 4.53. The molecule has 0 spiro atoms. The van der Waals surface area contributed by atoms with E-state index >= 15 is 0 Å². The predicted molar refractivity (Wildman–Crippen MR) is 75.5 cm³/mol. The molecule has 1 aliphatic carbocycles. The van der Waals surface area contributed by atoms with Crippen LogP contribution in [0.25, 0.3) is 0 Å². The van der Waals surface area contributed by atoms with Gasteiger partial charge in [-0.15, -0.1) is 0 Å². The molecule has 1 saturated carbocycles. The zero-order valence-electron chi connectivity index (χ0n) is 12.0. The Labute approximate surface area is 111 Å². The fourth-order valence-electron chi connectivity index (χ4n) is 3.42. The average molecular weight is 249 g/mol. The Hall–Kier alpha value is -0.830. The standard InChI is InChI=1S/C15H27N3/c1-4-12-5-6-13(11-16-2)14(9-12)10-15-7-8-18(3)17-15/h7-8,12-14,16H,4-6,9-11H2,1-3H3. The number of nitrogens with zero attached hydrogens (tertiary/aromatic N) is 2. The van der Waals surface area contributed by atoms with E-state index in [0.717, 1.165) is 30.7 Å². The lowest BCUT2D eigenvalue weighted by Gasteiger charge is -2.35. The van der Waals surface area contributed by atoms with Crippen LogP contribution in [0.2, 0.25) is 0 Å². The van der Waals surface area contributed by atoms with Gasteiger partial charge in [-0.1, -0.05) is 19.8 Å². The topological polar surface area (TPSA) is 29.9 Å². The van der Waals surface area contributed by atoms with Gasteiger partial charge in [0.1, 0.15) is 0 Å². The fraction of sp³-hybridized carbons (Fsp3) is 0.800. The van der Waals surface area contributed by atoms with Crippen LogP contribution in [0, 0.1) is 17.8 Å². The molecule has 3 atom stereocenters. The van der Waals surface area contributed by atoms with Crippen LogP contribution in [0.4, 0.5) is 0 Å². The van der Waals surface area contributed by atoms with E-state index in [0.29, 0.717) is 0 Å². The van der Waals surface area contributed by atoms with Gasteiger partial charge in [0, 0.05) is 13.2 Å². The van der Waals surface area contributed by atoms with Gasteiger partial charge in [-0.3, -0.25) is 4.68 Å². The first-order valence-electron chi connectivity index (χ1n) is 7.36. The van der Waals surface area contributed by atoms with Crippen molar-refractivity contribution in [3.63, 3.8) is 0 Å². The lowest BCUT2D eigenvalue weighted by molar-refractivity contribution is 0.172. The summed E-state index contributed by atoms with van der Waals surface area (Å²) in [6.07, 6.45) is 8.75. The van der Waals surface area contributed by atoms with Gasteiger partial charge in [-0.2, -0.15) is 5.10 Å². The summed E-state index contributed by atoms with van der Waals surface area (Å²) in [5.41, 5.74) is 1.26. The third-order valence-electron chi connectivity index (χ3n) is 4.53. The molecule has 2 rings (SSSR count). The minimum absolute atomic E-state index is 0.811. The molecule has 3 nitrogen and oxygen atoms in total. The Balaban J connectivity index is 2.00. The van der Waals surface area contributed by atoms with E-state index in [9.17, 15) is 0 Å². The second kappa shape index (κ2) is 6.37. The van der Waals surface area contributed by atoms with Gasteiger partial charge in [0.2, 0.25) is 0 Å². The molecule has 0 radical (unpaired) electrons. The molecule has 18 heavy (non-hydrogen) atoms. The van der Waals surface area contributed by atoms with Crippen molar-refractivity contribution >= 4 is 0 Å². The number of rotatable bonds is 5. The highest BCUT2D eigenvalue weighted by Gasteiger charge is 2.29. The van der Waals surface area contributed by atoms with Crippen LogP contribution in [0.15, 0.2) is 12.3 Å². The first kappa shape index (κ1) is 13.6. The number of aryl methyl sites for hydroxylation is 1. The Morgan fingerprint density at radius 3 is 2.83 bits per heavy atom. The molecule has 1 aliphatic rings. The van der Waals surface area contributed by atoms with Crippen molar-refractivity contribution < 1.29 is 0 Å². The van der Waals surface area contributed by atoms with Crippen LogP contribution in [-0.4, -0.2) is 23.4 Å². The molecule has 1 aromatic rings. The highest BCUT2D eigenvalue weighted by Crippen LogP contribution is 2.36. The third kappa shape index (κ3) is 3.35. The second-order valence-electron chi connectivity index (χ2n) is 5.85. The lowest BCUT2D eigenvalue weighted by atomic mass is 9.71. The second-order valence-corrected chi connectivity index (χ2v) is 5.85. The van der Waals surface area contributed by atoms with Crippen molar-refractivity contribution in [1.29, 1.82) is 0 Å². The largest absolute Gasteiger partial charge is 0.319 e. The maximum Gasteiger partial charge on any atom is 0.0627 e. The van der Waals surface area contributed by atoms with E-state index in [2.05, 4.69) is 36.7 Å². The Morgan fingerprint density at radius 2 is 2.22 bits per heavy atom. The van der Waals surface area contributed by atoms with Crippen molar-refractivity contribution in [3.8, 4) is 0 Å². The van der Waals surface area contributed by atoms with E-state index in [1.54, 1.807) is 0 Å². The van der Waals surface area contributed by atoms with Gasteiger partial charge < -0.3 is 5.32 Å². The molecular weight excluding hydrogens is 222 g/mol. The number of aromatic nitrogens is 2. The van der Waals surface area contributed by atoms with Crippen LogP contribution in [0.1, 0.15) is 38.3 Å². The van der Waals surface area contributed by atoms with Crippen LogP contribution in [-0.2, 0) is 13.5 Å². The number of hydrogen-bond acceptors (Lipinski definition) is 2. The summed E-state index contributed by atoms with van der Waals surface area (Å²) in [6, 6.07) is 2.17. The maximum absolute atomic E-state index is 4.55. The highest BCUT2D eigenvalue weighted by atomic mass is 15.2. The van der Waals surface area contributed by atoms with E-state index in [4.69, 9.17) is 0 Å². The minimum atomic E-state index is 0.811. The van der Waals surface area contributed by atoms with Gasteiger partial charge in [-0.05, 0) is 56.7 Å². The Morgan fingerprint density at radius 1 is 1.39 bits per heavy atom. The van der Waals surface area contributed by atoms with Crippen LogP contribution < -0.4 is 5.32 Å². The molecule has 1 fully saturated rings. The van der Waals surface area contributed by atoms with Crippen molar-refractivity contribution in [3.05, 3.63) is 18.0 Å². The van der Waals surface area contributed by atoms with Crippen molar-refractivity contribution in [2.45, 2.75) is 39.0 Å². The summed E-state index contributed by atoms with van der Waals surface area (Å²) in [4.78, 5) is 0. The van der Waals surface area contributed by atoms with Crippen LogP contribution in [0.3, 0.4) is 0 Å². The normalized spacial score (nSPS) is 28.5. The number of nitrogens with one attached hydrogen (secondary N) is 1. The van der Waals surface area contributed by atoms with Crippen molar-refractivity contribution in [2.75, 3.05) is 13.6 Å². The molecule has 1 N–H and O–H groups in total. The van der Waals surface area contributed by atoms with Gasteiger partial charge in [-0.25, -0.2) is 0 Å². The van der Waals surface area contributed by atoms with Crippen molar-refractivity contribution in [1.82, 2.24) is 15.1 Å². The molecule has 0 saturated heterocycles. The fourth-order valence-corrected chi connectivity index (χ4v) is 3.42. The molecule has 3 unspecified atom stereocenters. The number of hydrogen-bond donors (Lipinski definition) is 1. The van der Waals surface area contributed by atoms with E-state index in [1.807, 2.05) is 11.7 Å². The van der Waals surface area contributed by atoms with Gasteiger partial charge >= 0.3 is 0 Å². The molecule has 102 valence electrons. The maximum atomic E-state index is 4.55. The summed E-state index contributed by atoms with van der Waals surface area (Å²) < 4.78 is 1.92. The monoisotopic (exact) mass is 249 g/mol. The van der Waals surface area contributed by atoms with E-state index < -0.39 is 0 Å². The SMILES string of the molecule is CCC1CCC(CNC)C(Cc2ccn(C)n2)C1. The molecule has 0 aliphatic heterocycles. The summed E-state index contributed by atoms with van der Waals surface area (Å²) in [5.74, 6) is 2.58. The minimum Gasteiger partial charge on any atom is -0.319 e. The lowest BCUT2D eigenvalue weighted by Crippen LogP contribution is -2.33. The first-order valence-corrected chi connectivity index (χ1v) is 7.36. The van der Waals surface area contributed by atoms with Crippen LogP contribution >= 0.6 is 0 Å². The zero-order valence-corrected chi connectivity index (χ0v) is 12.0. The predicted octanol–water partition coefficient (Wildman–Crippen LogP) is 2.62. The average Bonchev–Trinajstić information content (AvgIpc) is 2.77. The van der Waals surface area contributed by atoms with Gasteiger partial charge in [0.15, 0.2) is 0 Å². The molecule has 1 heterocycles. The van der Waals surface area contributed by atoms with Gasteiger partial charge in [0.05, 0.1) is 5.69 Å². The molecule has 3 heteroatoms. The molecule has 0 amide bonds. The first-order chi connectivity index (χ1) is 8.72. The summed E-state index contributed by atoms with van der Waals surface area (Å²) in [7, 11) is 4.08. The summed E-state index contributed by atoms with van der Waals surface area (Å²) in [5, 5.41) is 7.91. The smallest absolute Gasteiger partial charge is 0.0627 e. The Kier molecular flexibility index (Phi) is 4.81. The summed E-state index contributed by atoms with van der Waals surface area (Å²) >= 11 is 0. The molecule has 0 aromatic carbocycles. The molecule has 0 bridgehead atoms. The zero-order chi connectivity index (χ0) is 13.0. The van der Waals surface area contributed by atoms with E-state index in [1.165, 1.54) is 31.4 Å². The van der Waals surface area contributed by atoms with E-state index in [-0.39, 0.29) is 0 Å². The molecule has 1 aromatic heterocycles. The van der Waals surface area contributed by atoms with Crippen molar-refractivity contribution in [2.24, 2.45) is 24.8 Å². The van der Waals surface area contributed by atoms with Gasteiger partial charge in [0.25, 0.3) is 0 Å².